The SMILES string of the molecule is CNc1ccncc1C(=O)NCCc1ccsc1. The van der Waals surface area contributed by atoms with Gasteiger partial charge in [-0.25, -0.2) is 0 Å². The molecular formula is C13H15N3OS. The molecule has 2 aromatic rings. The van der Waals surface area contributed by atoms with Gasteiger partial charge in [0.2, 0.25) is 0 Å². The van der Waals surface area contributed by atoms with Gasteiger partial charge in [0.05, 0.1) is 5.56 Å². The third kappa shape index (κ3) is 3.07. The van der Waals surface area contributed by atoms with Crippen LogP contribution in [0.15, 0.2) is 35.3 Å². The summed E-state index contributed by atoms with van der Waals surface area (Å²) in [5.41, 5.74) is 2.61. The summed E-state index contributed by atoms with van der Waals surface area (Å²) in [6, 6.07) is 3.85. The van der Waals surface area contributed by atoms with Crippen molar-refractivity contribution in [2.75, 3.05) is 18.9 Å². The molecular weight excluding hydrogens is 246 g/mol. The van der Waals surface area contributed by atoms with Gasteiger partial charge in [-0.1, -0.05) is 0 Å². The number of hydrogen-bond acceptors (Lipinski definition) is 4. The number of nitrogens with zero attached hydrogens (tertiary/aromatic N) is 1. The van der Waals surface area contributed by atoms with Crippen molar-refractivity contribution >= 4 is 22.9 Å². The summed E-state index contributed by atoms with van der Waals surface area (Å²) in [7, 11) is 1.79. The number of amides is 1. The summed E-state index contributed by atoms with van der Waals surface area (Å²) in [6.07, 6.45) is 4.09. The van der Waals surface area contributed by atoms with Crippen molar-refractivity contribution in [1.29, 1.82) is 0 Å². The van der Waals surface area contributed by atoms with Gasteiger partial charge in [-0.3, -0.25) is 9.78 Å². The molecule has 0 atom stereocenters. The van der Waals surface area contributed by atoms with Gasteiger partial charge in [0.15, 0.2) is 0 Å². The molecule has 0 aliphatic heterocycles. The summed E-state index contributed by atoms with van der Waals surface area (Å²) in [6.45, 7) is 0.633. The fourth-order valence-corrected chi connectivity index (χ4v) is 2.35. The molecule has 0 saturated heterocycles. The minimum Gasteiger partial charge on any atom is -0.387 e. The quantitative estimate of drug-likeness (QED) is 0.867. The average Bonchev–Trinajstić information content (AvgIpc) is 2.91. The van der Waals surface area contributed by atoms with Gasteiger partial charge in [-0.2, -0.15) is 11.3 Å². The first kappa shape index (κ1) is 12.6. The lowest BCUT2D eigenvalue weighted by Gasteiger charge is -2.08. The summed E-state index contributed by atoms with van der Waals surface area (Å²) in [5.74, 6) is -0.0947. The van der Waals surface area contributed by atoms with E-state index in [9.17, 15) is 4.79 Å². The lowest BCUT2D eigenvalue weighted by atomic mass is 10.2. The fraction of sp³-hybridized carbons (Fsp3) is 0.231. The van der Waals surface area contributed by atoms with Crippen molar-refractivity contribution in [2.45, 2.75) is 6.42 Å². The highest BCUT2D eigenvalue weighted by atomic mass is 32.1. The van der Waals surface area contributed by atoms with Gasteiger partial charge < -0.3 is 10.6 Å². The van der Waals surface area contributed by atoms with Crippen LogP contribution in [0.3, 0.4) is 0 Å². The summed E-state index contributed by atoms with van der Waals surface area (Å²) < 4.78 is 0. The standard InChI is InChI=1S/C13H15N3OS/c1-14-12-3-5-15-8-11(12)13(17)16-6-2-10-4-7-18-9-10/h3-5,7-9H,2,6H2,1H3,(H,14,15)(H,16,17). The maximum Gasteiger partial charge on any atom is 0.254 e. The smallest absolute Gasteiger partial charge is 0.254 e. The average molecular weight is 261 g/mol. The number of rotatable bonds is 5. The molecule has 0 bridgehead atoms. The highest BCUT2D eigenvalue weighted by Gasteiger charge is 2.09. The van der Waals surface area contributed by atoms with E-state index in [1.807, 2.05) is 5.38 Å². The van der Waals surface area contributed by atoms with Crippen LogP contribution in [0.5, 0.6) is 0 Å². The predicted octanol–water partition coefficient (Wildman–Crippen LogP) is 2.16. The van der Waals surface area contributed by atoms with E-state index in [1.54, 1.807) is 36.8 Å². The number of aromatic nitrogens is 1. The fourth-order valence-electron chi connectivity index (χ4n) is 1.64. The van der Waals surface area contributed by atoms with E-state index >= 15 is 0 Å². The Labute approximate surface area is 110 Å². The van der Waals surface area contributed by atoms with Crippen LogP contribution in [0, 0.1) is 0 Å². The van der Waals surface area contributed by atoms with Crippen molar-refractivity contribution in [3.63, 3.8) is 0 Å². The maximum atomic E-state index is 12.0. The van der Waals surface area contributed by atoms with Crippen molar-refractivity contribution in [3.8, 4) is 0 Å². The molecule has 2 N–H and O–H groups in total. The van der Waals surface area contributed by atoms with Crippen LogP contribution in [0.2, 0.25) is 0 Å². The number of carbonyl (C=O) groups is 1. The van der Waals surface area contributed by atoms with Crippen molar-refractivity contribution in [3.05, 3.63) is 46.4 Å². The lowest BCUT2D eigenvalue weighted by Crippen LogP contribution is -2.26. The van der Waals surface area contributed by atoms with Gasteiger partial charge in [-0.05, 0) is 34.9 Å². The van der Waals surface area contributed by atoms with Crippen molar-refractivity contribution in [2.24, 2.45) is 0 Å². The molecule has 2 aromatic heterocycles. The number of carbonyl (C=O) groups excluding carboxylic acids is 1. The molecule has 0 fully saturated rings. The number of anilines is 1. The first-order chi connectivity index (χ1) is 8.81. The Morgan fingerprint density at radius 2 is 2.33 bits per heavy atom. The van der Waals surface area contributed by atoms with E-state index in [1.165, 1.54) is 5.56 Å². The third-order valence-corrected chi connectivity index (χ3v) is 3.35. The Bertz CT molecular complexity index is 511. The highest BCUT2D eigenvalue weighted by Crippen LogP contribution is 2.12. The van der Waals surface area contributed by atoms with Crippen LogP contribution in [0.25, 0.3) is 0 Å². The van der Waals surface area contributed by atoms with Gasteiger partial charge in [0, 0.05) is 31.7 Å². The molecule has 0 aliphatic carbocycles. The van der Waals surface area contributed by atoms with E-state index in [4.69, 9.17) is 0 Å². The molecule has 0 saturated carbocycles. The molecule has 4 nitrogen and oxygen atoms in total. The van der Waals surface area contributed by atoms with Crippen molar-refractivity contribution < 1.29 is 4.79 Å². The van der Waals surface area contributed by atoms with Crippen molar-refractivity contribution in [1.82, 2.24) is 10.3 Å². The zero-order valence-electron chi connectivity index (χ0n) is 10.1. The second-order valence-corrected chi connectivity index (χ2v) is 4.59. The monoisotopic (exact) mass is 261 g/mol. The van der Waals surface area contributed by atoms with E-state index in [0.717, 1.165) is 12.1 Å². The first-order valence-corrected chi connectivity index (χ1v) is 6.66. The minimum atomic E-state index is -0.0947. The Morgan fingerprint density at radius 3 is 3.06 bits per heavy atom. The molecule has 94 valence electrons. The predicted molar refractivity (Wildman–Crippen MR) is 74.1 cm³/mol. The highest BCUT2D eigenvalue weighted by molar-refractivity contribution is 7.07. The molecule has 5 heteroatoms. The molecule has 1 amide bonds. The molecule has 0 unspecified atom stereocenters. The van der Waals surface area contributed by atoms with Crippen LogP contribution in [-0.2, 0) is 6.42 Å². The maximum absolute atomic E-state index is 12.0. The third-order valence-electron chi connectivity index (χ3n) is 2.61. The van der Waals surface area contributed by atoms with E-state index in [2.05, 4.69) is 27.1 Å². The van der Waals surface area contributed by atoms with Crippen LogP contribution in [0.4, 0.5) is 5.69 Å². The Kier molecular flexibility index (Phi) is 4.30. The van der Waals surface area contributed by atoms with E-state index in [0.29, 0.717) is 12.1 Å². The summed E-state index contributed by atoms with van der Waals surface area (Å²) in [5, 5.41) is 10.0. The zero-order chi connectivity index (χ0) is 12.8. The number of nitrogens with one attached hydrogen (secondary N) is 2. The van der Waals surface area contributed by atoms with Crippen LogP contribution in [0.1, 0.15) is 15.9 Å². The minimum absolute atomic E-state index is 0.0947. The second kappa shape index (κ2) is 6.16. The largest absolute Gasteiger partial charge is 0.387 e. The molecule has 0 aliphatic rings. The normalized spacial score (nSPS) is 10.1. The van der Waals surface area contributed by atoms with Crippen LogP contribution in [-0.4, -0.2) is 24.5 Å². The molecule has 0 radical (unpaired) electrons. The Balaban J connectivity index is 1.91. The van der Waals surface area contributed by atoms with E-state index < -0.39 is 0 Å². The van der Waals surface area contributed by atoms with Gasteiger partial charge in [0.25, 0.3) is 5.91 Å². The summed E-state index contributed by atoms with van der Waals surface area (Å²) in [4.78, 5) is 15.9. The molecule has 18 heavy (non-hydrogen) atoms. The number of pyridine rings is 1. The van der Waals surface area contributed by atoms with Gasteiger partial charge in [-0.15, -0.1) is 0 Å². The molecule has 2 heterocycles. The van der Waals surface area contributed by atoms with Gasteiger partial charge >= 0.3 is 0 Å². The molecule has 2 rings (SSSR count). The van der Waals surface area contributed by atoms with E-state index in [-0.39, 0.29) is 5.91 Å². The zero-order valence-corrected chi connectivity index (χ0v) is 11.0. The lowest BCUT2D eigenvalue weighted by molar-refractivity contribution is 0.0954. The summed E-state index contributed by atoms with van der Waals surface area (Å²) >= 11 is 1.67. The van der Waals surface area contributed by atoms with Crippen LogP contribution >= 0.6 is 11.3 Å². The van der Waals surface area contributed by atoms with Gasteiger partial charge in [0.1, 0.15) is 0 Å². The first-order valence-electron chi connectivity index (χ1n) is 5.72. The van der Waals surface area contributed by atoms with Crippen LogP contribution < -0.4 is 10.6 Å². The molecule has 0 aromatic carbocycles. The number of thiophene rings is 1. The Hall–Kier alpha value is -1.88. The topological polar surface area (TPSA) is 54.0 Å². The number of hydrogen-bond donors (Lipinski definition) is 2. The second-order valence-electron chi connectivity index (χ2n) is 3.81. The molecule has 0 spiro atoms. The Morgan fingerprint density at radius 1 is 1.44 bits per heavy atom.